The molecule has 2 aromatic rings. The Morgan fingerprint density at radius 3 is 2.17 bits per heavy atom. The highest BCUT2D eigenvalue weighted by Gasteiger charge is 2.31. The predicted octanol–water partition coefficient (Wildman–Crippen LogP) is 4.20. The molecule has 0 saturated heterocycles. The van der Waals surface area contributed by atoms with Gasteiger partial charge in [0.2, 0.25) is 0 Å². The average Bonchev–Trinajstić information content (AvgIpc) is 2.45. The third-order valence-electron chi connectivity index (χ3n) is 3.01. The lowest BCUT2D eigenvalue weighted by Gasteiger charge is -2.17. The van der Waals surface area contributed by atoms with Crippen LogP contribution in [0.4, 0.5) is 17.6 Å². The average molecular weight is 352 g/mol. The molecule has 2 N–H and O–H groups in total. The summed E-state index contributed by atoms with van der Waals surface area (Å²) >= 11 is 0. The Kier molecular flexibility index (Phi) is 6.23. The summed E-state index contributed by atoms with van der Waals surface area (Å²) < 4.78 is 58.7. The summed E-state index contributed by atoms with van der Waals surface area (Å²) in [4.78, 5) is 0. The largest absolute Gasteiger partial charge is 0.573 e. The van der Waals surface area contributed by atoms with Gasteiger partial charge in [-0.2, -0.15) is 0 Å². The fraction of sp³-hybridized carbons (Fsp3) is 0.200. The second kappa shape index (κ2) is 7.52. The van der Waals surface area contributed by atoms with Gasteiger partial charge < -0.3 is 15.2 Å². The Hall–Kier alpha value is -1.99. The molecule has 0 aromatic heterocycles. The zero-order chi connectivity index (χ0) is 16.3. The van der Waals surface area contributed by atoms with E-state index in [9.17, 15) is 17.6 Å². The van der Waals surface area contributed by atoms with E-state index in [-0.39, 0.29) is 23.9 Å². The summed E-state index contributed by atoms with van der Waals surface area (Å²) in [6.45, 7) is 0. The zero-order valence-electron chi connectivity index (χ0n) is 11.9. The van der Waals surface area contributed by atoms with Gasteiger partial charge in [-0.25, -0.2) is 4.39 Å². The maximum absolute atomic E-state index is 13.7. The van der Waals surface area contributed by atoms with Crippen LogP contribution < -0.4 is 15.2 Å². The lowest BCUT2D eigenvalue weighted by molar-refractivity contribution is -0.274. The molecule has 0 fully saturated rings. The molecule has 0 saturated carbocycles. The van der Waals surface area contributed by atoms with Crippen molar-refractivity contribution in [2.45, 2.75) is 12.4 Å². The van der Waals surface area contributed by atoms with Gasteiger partial charge in [0.15, 0.2) is 11.6 Å². The Labute approximate surface area is 136 Å². The van der Waals surface area contributed by atoms with Gasteiger partial charge in [-0.05, 0) is 23.8 Å². The molecule has 8 heteroatoms. The van der Waals surface area contributed by atoms with Gasteiger partial charge in [-0.15, -0.1) is 25.6 Å². The van der Waals surface area contributed by atoms with Crippen molar-refractivity contribution in [2.24, 2.45) is 5.73 Å². The van der Waals surface area contributed by atoms with Crippen LogP contribution in [0.3, 0.4) is 0 Å². The maximum Gasteiger partial charge on any atom is 0.573 e. The molecule has 0 radical (unpaired) electrons. The molecule has 2 aromatic carbocycles. The Morgan fingerprint density at radius 1 is 1.04 bits per heavy atom. The van der Waals surface area contributed by atoms with E-state index < -0.39 is 18.2 Å². The molecule has 23 heavy (non-hydrogen) atoms. The summed E-state index contributed by atoms with van der Waals surface area (Å²) in [6.07, 6.45) is -4.75. The van der Waals surface area contributed by atoms with E-state index in [1.807, 2.05) is 0 Å². The minimum Gasteiger partial charge on any atom is -0.493 e. The van der Waals surface area contributed by atoms with Crippen molar-refractivity contribution >= 4 is 12.4 Å². The first kappa shape index (κ1) is 19.1. The van der Waals surface area contributed by atoms with E-state index in [4.69, 9.17) is 10.5 Å². The quantitative estimate of drug-likeness (QED) is 0.839. The van der Waals surface area contributed by atoms with Crippen molar-refractivity contribution in [1.82, 2.24) is 0 Å². The van der Waals surface area contributed by atoms with Gasteiger partial charge in [-0.3, -0.25) is 0 Å². The minimum absolute atomic E-state index is 0. The molecule has 0 amide bonds. The van der Waals surface area contributed by atoms with Crippen LogP contribution in [-0.4, -0.2) is 13.5 Å². The molecule has 2 rings (SSSR count). The second-order valence-corrected chi connectivity index (χ2v) is 4.46. The summed E-state index contributed by atoms with van der Waals surface area (Å²) in [6, 6.07) is 8.62. The number of ether oxygens (including phenoxy) is 2. The molecular weight excluding hydrogens is 338 g/mol. The molecule has 1 atom stereocenters. The SMILES string of the molecule is COc1c(F)cccc1[C@H](N)c1ccc(OC(F)(F)F)cc1.Cl. The maximum atomic E-state index is 13.7. The molecule has 0 unspecified atom stereocenters. The minimum atomic E-state index is -4.75. The monoisotopic (exact) mass is 351 g/mol. The fourth-order valence-corrected chi connectivity index (χ4v) is 2.04. The van der Waals surface area contributed by atoms with Crippen LogP contribution in [0, 0.1) is 5.82 Å². The molecule has 0 aliphatic heterocycles. The highest BCUT2D eigenvalue weighted by atomic mass is 35.5. The van der Waals surface area contributed by atoms with Crippen molar-refractivity contribution in [1.29, 1.82) is 0 Å². The Bertz CT molecular complexity index is 647. The highest BCUT2D eigenvalue weighted by Crippen LogP contribution is 2.31. The Morgan fingerprint density at radius 2 is 1.65 bits per heavy atom. The summed E-state index contributed by atoms with van der Waals surface area (Å²) in [5.41, 5.74) is 6.92. The van der Waals surface area contributed by atoms with Gasteiger partial charge in [0.1, 0.15) is 5.75 Å². The van der Waals surface area contributed by atoms with E-state index in [0.29, 0.717) is 11.1 Å². The molecule has 0 heterocycles. The molecule has 0 bridgehead atoms. The van der Waals surface area contributed by atoms with Gasteiger partial charge in [0.25, 0.3) is 0 Å². The van der Waals surface area contributed by atoms with Crippen LogP contribution in [0.5, 0.6) is 11.5 Å². The number of nitrogens with two attached hydrogens (primary N) is 1. The smallest absolute Gasteiger partial charge is 0.493 e. The van der Waals surface area contributed by atoms with Crippen LogP contribution >= 0.6 is 12.4 Å². The molecule has 126 valence electrons. The van der Waals surface area contributed by atoms with Crippen molar-refractivity contribution in [2.75, 3.05) is 7.11 Å². The van der Waals surface area contributed by atoms with Crippen LogP contribution in [0.25, 0.3) is 0 Å². The van der Waals surface area contributed by atoms with Crippen molar-refractivity contribution in [3.05, 3.63) is 59.4 Å². The third kappa shape index (κ3) is 4.74. The number of halogens is 5. The number of methoxy groups -OCH3 is 1. The number of hydrogen-bond donors (Lipinski definition) is 1. The lowest BCUT2D eigenvalue weighted by Crippen LogP contribution is -2.17. The van der Waals surface area contributed by atoms with Gasteiger partial charge >= 0.3 is 6.36 Å². The van der Waals surface area contributed by atoms with Crippen LogP contribution in [0.2, 0.25) is 0 Å². The number of benzene rings is 2. The van der Waals surface area contributed by atoms with Crippen molar-refractivity contribution in [3.63, 3.8) is 0 Å². The first-order chi connectivity index (χ1) is 10.3. The number of para-hydroxylation sites is 1. The lowest BCUT2D eigenvalue weighted by atomic mass is 9.98. The number of rotatable bonds is 4. The highest BCUT2D eigenvalue weighted by molar-refractivity contribution is 5.85. The topological polar surface area (TPSA) is 44.5 Å². The van der Waals surface area contributed by atoms with Crippen molar-refractivity contribution < 1.29 is 27.0 Å². The van der Waals surface area contributed by atoms with E-state index in [1.165, 1.54) is 31.4 Å². The molecule has 0 aliphatic rings. The molecule has 0 aliphatic carbocycles. The Balaban J connectivity index is 0.00000264. The summed E-state index contributed by atoms with van der Waals surface area (Å²) in [5.74, 6) is -0.909. The molecule has 3 nitrogen and oxygen atoms in total. The van der Waals surface area contributed by atoms with E-state index in [2.05, 4.69) is 4.74 Å². The molecule has 0 spiro atoms. The standard InChI is InChI=1S/C15H13F4NO2.ClH/c1-21-14-11(3-2-4-12(14)16)13(20)9-5-7-10(8-6-9)22-15(17,18)19;/h2-8,13H,20H2,1H3;1H/t13-;/m1./s1. The summed E-state index contributed by atoms with van der Waals surface area (Å²) in [7, 11) is 1.31. The predicted molar refractivity (Wildman–Crippen MR) is 79.4 cm³/mol. The van der Waals surface area contributed by atoms with Crippen LogP contribution in [-0.2, 0) is 0 Å². The van der Waals surface area contributed by atoms with E-state index >= 15 is 0 Å². The molecular formula is C15H14ClF4NO2. The number of hydrogen-bond acceptors (Lipinski definition) is 3. The zero-order valence-corrected chi connectivity index (χ0v) is 12.7. The van der Waals surface area contributed by atoms with Gasteiger partial charge in [0.05, 0.1) is 13.2 Å². The second-order valence-electron chi connectivity index (χ2n) is 4.46. The third-order valence-corrected chi connectivity index (χ3v) is 3.01. The first-order valence-electron chi connectivity index (χ1n) is 6.25. The van der Waals surface area contributed by atoms with E-state index in [0.717, 1.165) is 12.1 Å². The van der Waals surface area contributed by atoms with Crippen molar-refractivity contribution in [3.8, 4) is 11.5 Å². The summed E-state index contributed by atoms with van der Waals surface area (Å²) in [5, 5.41) is 0. The normalized spacial score (nSPS) is 12.3. The fourth-order valence-electron chi connectivity index (χ4n) is 2.04. The van der Waals surface area contributed by atoms with Crippen LogP contribution in [0.15, 0.2) is 42.5 Å². The van der Waals surface area contributed by atoms with E-state index in [1.54, 1.807) is 6.07 Å². The number of alkyl halides is 3. The van der Waals surface area contributed by atoms with Gasteiger partial charge in [0, 0.05) is 5.56 Å². The van der Waals surface area contributed by atoms with Gasteiger partial charge in [-0.1, -0.05) is 24.3 Å². The van der Waals surface area contributed by atoms with Crippen LogP contribution in [0.1, 0.15) is 17.2 Å². The first-order valence-corrected chi connectivity index (χ1v) is 6.25.